The summed E-state index contributed by atoms with van der Waals surface area (Å²) in [6.07, 6.45) is 0. The largest absolute Gasteiger partial charge is 0.356 e. The zero-order valence-electron chi connectivity index (χ0n) is 12.9. The highest BCUT2D eigenvalue weighted by atomic mass is 16.2. The third kappa shape index (κ3) is 3.24. The lowest BCUT2D eigenvalue weighted by atomic mass is 10.1. The molecule has 5 heteroatoms. The second-order valence-electron chi connectivity index (χ2n) is 5.62. The first-order chi connectivity index (χ1) is 9.90. The van der Waals surface area contributed by atoms with Crippen LogP contribution in [0.15, 0.2) is 35.7 Å². The molecule has 0 saturated carbocycles. The van der Waals surface area contributed by atoms with Crippen molar-refractivity contribution in [2.45, 2.75) is 27.7 Å². The fourth-order valence-corrected chi connectivity index (χ4v) is 2.38. The van der Waals surface area contributed by atoms with E-state index in [9.17, 15) is 9.59 Å². The molecule has 2 amide bonds. The van der Waals surface area contributed by atoms with Crippen LogP contribution in [0.25, 0.3) is 0 Å². The van der Waals surface area contributed by atoms with Crippen molar-refractivity contribution in [3.63, 3.8) is 0 Å². The second kappa shape index (κ2) is 5.99. The topological polar surface area (TPSA) is 61.4 Å². The normalized spacial score (nSPS) is 14.2. The van der Waals surface area contributed by atoms with Crippen molar-refractivity contribution in [3.8, 4) is 0 Å². The number of amides is 2. The van der Waals surface area contributed by atoms with Crippen molar-refractivity contribution in [1.29, 1.82) is 0 Å². The maximum atomic E-state index is 12.5. The Kier molecular flexibility index (Phi) is 4.31. The highest BCUT2D eigenvalue weighted by molar-refractivity contribution is 6.09. The number of nitrogens with one attached hydrogen (secondary N) is 2. The Labute approximate surface area is 125 Å². The van der Waals surface area contributed by atoms with Gasteiger partial charge in [0.05, 0.1) is 11.4 Å². The molecular weight excluding hydrogens is 266 g/mol. The van der Waals surface area contributed by atoms with Crippen LogP contribution < -0.4 is 10.6 Å². The van der Waals surface area contributed by atoms with E-state index in [0.717, 1.165) is 5.69 Å². The third-order valence-electron chi connectivity index (χ3n) is 3.27. The molecule has 21 heavy (non-hydrogen) atoms. The summed E-state index contributed by atoms with van der Waals surface area (Å²) in [6.45, 7) is 7.83. The van der Waals surface area contributed by atoms with Crippen molar-refractivity contribution in [2.75, 3.05) is 17.2 Å². The van der Waals surface area contributed by atoms with Crippen molar-refractivity contribution in [2.24, 2.45) is 5.92 Å². The number of anilines is 2. The molecule has 0 fully saturated rings. The molecule has 1 aliphatic heterocycles. The molecule has 0 atom stereocenters. The van der Waals surface area contributed by atoms with Crippen LogP contribution in [0.5, 0.6) is 0 Å². The Bertz CT molecular complexity index is 605. The second-order valence-corrected chi connectivity index (χ2v) is 5.62. The standard InChI is InChI=1S/C16H21N3O2/c1-10(2)9-19(12(4)20)15-11(3)17-13-7-5-6-8-14(13)18-16(15)21/h5-8,10,17H,9H2,1-4H3,(H,18,21). The molecule has 0 saturated heterocycles. The van der Waals surface area contributed by atoms with Gasteiger partial charge >= 0.3 is 0 Å². The van der Waals surface area contributed by atoms with Crippen molar-refractivity contribution < 1.29 is 9.59 Å². The van der Waals surface area contributed by atoms with Crippen LogP contribution >= 0.6 is 0 Å². The lowest BCUT2D eigenvalue weighted by molar-refractivity contribution is -0.130. The summed E-state index contributed by atoms with van der Waals surface area (Å²) in [4.78, 5) is 26.0. The van der Waals surface area contributed by atoms with Crippen LogP contribution in [-0.2, 0) is 9.59 Å². The average molecular weight is 287 g/mol. The predicted octanol–water partition coefficient (Wildman–Crippen LogP) is 2.79. The number of para-hydroxylation sites is 2. The summed E-state index contributed by atoms with van der Waals surface area (Å²) in [6, 6.07) is 7.48. The number of rotatable bonds is 3. The highest BCUT2D eigenvalue weighted by Gasteiger charge is 2.27. The number of carbonyl (C=O) groups is 2. The number of hydrogen-bond acceptors (Lipinski definition) is 3. The van der Waals surface area contributed by atoms with Gasteiger partial charge in [0.2, 0.25) is 5.91 Å². The molecule has 0 spiro atoms. The Hall–Kier alpha value is -2.30. The minimum atomic E-state index is -0.263. The number of fused-ring (bicyclic) bond motifs is 1. The molecule has 5 nitrogen and oxygen atoms in total. The molecule has 0 unspecified atom stereocenters. The first-order valence-corrected chi connectivity index (χ1v) is 7.06. The number of hydrogen-bond donors (Lipinski definition) is 2. The average Bonchev–Trinajstić information content (AvgIpc) is 2.51. The van der Waals surface area contributed by atoms with Crippen LogP contribution in [-0.4, -0.2) is 23.3 Å². The molecule has 2 rings (SSSR count). The van der Waals surface area contributed by atoms with E-state index in [-0.39, 0.29) is 17.7 Å². The molecule has 1 heterocycles. The van der Waals surface area contributed by atoms with Gasteiger partial charge in [0.1, 0.15) is 5.70 Å². The van der Waals surface area contributed by atoms with E-state index < -0.39 is 0 Å². The zero-order chi connectivity index (χ0) is 15.6. The Morgan fingerprint density at radius 2 is 1.76 bits per heavy atom. The monoisotopic (exact) mass is 287 g/mol. The Balaban J connectivity index is 2.43. The van der Waals surface area contributed by atoms with E-state index in [0.29, 0.717) is 23.6 Å². The predicted molar refractivity (Wildman–Crippen MR) is 83.6 cm³/mol. The SMILES string of the molecule is CC(=O)N(CC(C)C)C1=C(C)Nc2ccccc2NC1=O. The van der Waals surface area contributed by atoms with Crippen LogP contribution in [0.2, 0.25) is 0 Å². The van der Waals surface area contributed by atoms with E-state index in [1.165, 1.54) is 11.8 Å². The van der Waals surface area contributed by atoms with E-state index in [4.69, 9.17) is 0 Å². The molecule has 2 N–H and O–H groups in total. The van der Waals surface area contributed by atoms with E-state index in [1.807, 2.05) is 45.0 Å². The lowest BCUT2D eigenvalue weighted by Gasteiger charge is -2.25. The van der Waals surface area contributed by atoms with Gasteiger partial charge in [-0.05, 0) is 25.0 Å². The Morgan fingerprint density at radius 3 is 2.29 bits per heavy atom. The minimum Gasteiger partial charge on any atom is -0.356 e. The molecule has 112 valence electrons. The summed E-state index contributed by atoms with van der Waals surface area (Å²) in [5.74, 6) is -0.130. The summed E-state index contributed by atoms with van der Waals surface area (Å²) in [5.41, 5.74) is 2.59. The summed E-state index contributed by atoms with van der Waals surface area (Å²) in [7, 11) is 0. The number of benzene rings is 1. The molecule has 0 bridgehead atoms. The molecule has 0 radical (unpaired) electrons. The number of allylic oxidation sites excluding steroid dienone is 1. The van der Waals surface area contributed by atoms with Crippen LogP contribution in [0.3, 0.4) is 0 Å². The van der Waals surface area contributed by atoms with Gasteiger partial charge in [0.15, 0.2) is 0 Å². The maximum Gasteiger partial charge on any atom is 0.274 e. The van der Waals surface area contributed by atoms with Crippen LogP contribution in [0, 0.1) is 5.92 Å². The smallest absolute Gasteiger partial charge is 0.274 e. The van der Waals surface area contributed by atoms with E-state index in [1.54, 1.807) is 0 Å². The van der Waals surface area contributed by atoms with Gasteiger partial charge in [0.25, 0.3) is 5.91 Å². The minimum absolute atomic E-state index is 0.138. The van der Waals surface area contributed by atoms with Gasteiger partial charge in [-0.1, -0.05) is 26.0 Å². The van der Waals surface area contributed by atoms with Gasteiger partial charge in [-0.25, -0.2) is 0 Å². The first kappa shape index (κ1) is 15.1. The third-order valence-corrected chi connectivity index (χ3v) is 3.27. The van der Waals surface area contributed by atoms with Gasteiger partial charge in [-0.2, -0.15) is 0 Å². The molecular formula is C16H21N3O2. The zero-order valence-corrected chi connectivity index (χ0v) is 12.9. The Morgan fingerprint density at radius 1 is 1.19 bits per heavy atom. The lowest BCUT2D eigenvalue weighted by Crippen LogP contribution is -2.37. The van der Waals surface area contributed by atoms with Crippen LogP contribution in [0.4, 0.5) is 11.4 Å². The molecule has 1 aromatic rings. The first-order valence-electron chi connectivity index (χ1n) is 7.06. The van der Waals surface area contributed by atoms with Crippen molar-refractivity contribution in [1.82, 2.24) is 4.90 Å². The molecule has 1 aliphatic rings. The summed E-state index contributed by atoms with van der Waals surface area (Å²) >= 11 is 0. The van der Waals surface area contributed by atoms with E-state index in [2.05, 4.69) is 10.6 Å². The van der Waals surface area contributed by atoms with Gasteiger partial charge in [-0.15, -0.1) is 0 Å². The highest BCUT2D eigenvalue weighted by Crippen LogP contribution is 2.28. The number of nitrogens with zero attached hydrogens (tertiary/aromatic N) is 1. The van der Waals surface area contributed by atoms with E-state index >= 15 is 0 Å². The van der Waals surface area contributed by atoms with Crippen LogP contribution in [0.1, 0.15) is 27.7 Å². The summed E-state index contributed by atoms with van der Waals surface area (Å²) in [5, 5.41) is 6.07. The maximum absolute atomic E-state index is 12.5. The number of carbonyl (C=O) groups excluding carboxylic acids is 2. The van der Waals surface area contributed by atoms with Gasteiger partial charge in [0, 0.05) is 19.2 Å². The molecule has 1 aromatic carbocycles. The fraction of sp³-hybridized carbons (Fsp3) is 0.375. The quantitative estimate of drug-likeness (QED) is 0.898. The molecule has 0 aliphatic carbocycles. The van der Waals surface area contributed by atoms with Crippen molar-refractivity contribution in [3.05, 3.63) is 35.7 Å². The van der Waals surface area contributed by atoms with Gasteiger partial charge in [-0.3, -0.25) is 9.59 Å². The molecule has 0 aromatic heterocycles. The van der Waals surface area contributed by atoms with Crippen molar-refractivity contribution >= 4 is 23.2 Å². The summed E-state index contributed by atoms with van der Waals surface area (Å²) < 4.78 is 0. The fourth-order valence-electron chi connectivity index (χ4n) is 2.38. The van der Waals surface area contributed by atoms with Gasteiger partial charge < -0.3 is 15.5 Å².